The molecule has 1 aromatic rings. The zero-order valence-electron chi connectivity index (χ0n) is 6.64. The molecular formula is C8H4BrCl3OS. The molecule has 0 atom stereocenters. The average Bonchev–Trinajstić information content (AvgIpc) is 2.07. The van der Waals surface area contributed by atoms with Crippen molar-refractivity contribution in [2.45, 2.75) is 8.69 Å². The molecule has 0 saturated carbocycles. The third-order valence-corrected chi connectivity index (χ3v) is 3.63. The molecule has 0 amide bonds. The Kier molecular flexibility index (Phi) is 4.59. The van der Waals surface area contributed by atoms with E-state index in [-0.39, 0.29) is 0 Å². The quantitative estimate of drug-likeness (QED) is 0.558. The minimum Gasteiger partial charge on any atom is -0.282 e. The van der Waals surface area contributed by atoms with E-state index in [2.05, 4.69) is 15.9 Å². The van der Waals surface area contributed by atoms with Crippen LogP contribution >= 0.6 is 62.5 Å². The molecule has 76 valence electrons. The summed E-state index contributed by atoms with van der Waals surface area (Å²) in [5.41, 5.74) is 0. The van der Waals surface area contributed by atoms with Gasteiger partial charge in [0.1, 0.15) is 0 Å². The van der Waals surface area contributed by atoms with Crippen LogP contribution in [-0.2, 0) is 4.79 Å². The lowest BCUT2D eigenvalue weighted by Gasteiger charge is -2.07. The van der Waals surface area contributed by atoms with Crippen molar-refractivity contribution in [2.75, 3.05) is 0 Å². The predicted molar refractivity (Wildman–Crippen MR) is 65.3 cm³/mol. The van der Waals surface area contributed by atoms with Gasteiger partial charge in [-0.25, -0.2) is 0 Å². The van der Waals surface area contributed by atoms with Gasteiger partial charge in [-0.05, 0) is 36.0 Å². The van der Waals surface area contributed by atoms with Crippen LogP contribution in [0.2, 0.25) is 0 Å². The molecule has 0 saturated heterocycles. The van der Waals surface area contributed by atoms with Crippen molar-refractivity contribution in [2.24, 2.45) is 0 Å². The Balaban J connectivity index is 2.71. The number of hydrogen-bond acceptors (Lipinski definition) is 2. The van der Waals surface area contributed by atoms with Crippen LogP contribution in [0.4, 0.5) is 0 Å². The van der Waals surface area contributed by atoms with E-state index in [0.29, 0.717) is 0 Å². The fraction of sp³-hybridized carbons (Fsp3) is 0.125. The van der Waals surface area contributed by atoms with Gasteiger partial charge in [0.25, 0.3) is 3.79 Å². The van der Waals surface area contributed by atoms with Crippen LogP contribution in [0, 0.1) is 0 Å². The lowest BCUT2D eigenvalue weighted by Crippen LogP contribution is -2.14. The molecule has 0 aliphatic heterocycles. The van der Waals surface area contributed by atoms with Crippen molar-refractivity contribution in [1.82, 2.24) is 0 Å². The highest BCUT2D eigenvalue weighted by Gasteiger charge is 2.31. The summed E-state index contributed by atoms with van der Waals surface area (Å²) in [5, 5.41) is -0.509. The molecule has 0 spiro atoms. The van der Waals surface area contributed by atoms with E-state index in [0.717, 1.165) is 21.1 Å². The van der Waals surface area contributed by atoms with Gasteiger partial charge in [0.2, 0.25) is 5.12 Å². The van der Waals surface area contributed by atoms with Gasteiger partial charge in [-0.15, -0.1) is 0 Å². The normalized spacial score (nSPS) is 11.4. The fourth-order valence-corrected chi connectivity index (χ4v) is 1.88. The van der Waals surface area contributed by atoms with Gasteiger partial charge < -0.3 is 0 Å². The topological polar surface area (TPSA) is 17.1 Å². The summed E-state index contributed by atoms with van der Waals surface area (Å²) in [7, 11) is 0. The smallest absolute Gasteiger partial charge is 0.259 e. The van der Waals surface area contributed by atoms with Gasteiger partial charge in [-0.1, -0.05) is 50.7 Å². The average molecular weight is 334 g/mol. The van der Waals surface area contributed by atoms with Crippen LogP contribution in [0.25, 0.3) is 0 Å². The Morgan fingerprint density at radius 3 is 2.14 bits per heavy atom. The number of hydrogen-bond donors (Lipinski definition) is 0. The predicted octanol–water partition coefficient (Wildman–Crippen LogP) is 4.44. The summed E-state index contributed by atoms with van der Waals surface area (Å²) >= 11 is 20.4. The molecule has 14 heavy (non-hydrogen) atoms. The summed E-state index contributed by atoms with van der Waals surface area (Å²) in [6.45, 7) is 0. The van der Waals surface area contributed by atoms with Gasteiger partial charge >= 0.3 is 0 Å². The standard InChI is InChI=1S/C8H4BrCl3OS/c9-5-1-3-6(4-2-5)14-7(13)8(10,11)12/h1-4H. The molecule has 1 aromatic carbocycles. The highest BCUT2D eigenvalue weighted by atomic mass is 79.9. The zero-order valence-corrected chi connectivity index (χ0v) is 11.3. The molecule has 0 aliphatic carbocycles. The molecule has 0 unspecified atom stereocenters. The first kappa shape index (κ1) is 12.7. The number of alkyl halides is 3. The van der Waals surface area contributed by atoms with Crippen LogP contribution in [0.1, 0.15) is 0 Å². The van der Waals surface area contributed by atoms with Gasteiger partial charge in [-0.2, -0.15) is 0 Å². The highest BCUT2D eigenvalue weighted by Crippen LogP contribution is 2.35. The lowest BCUT2D eigenvalue weighted by atomic mass is 10.4. The second kappa shape index (κ2) is 5.08. The van der Waals surface area contributed by atoms with Gasteiger partial charge in [-0.3, -0.25) is 4.79 Å². The Morgan fingerprint density at radius 2 is 1.71 bits per heavy atom. The summed E-state index contributed by atoms with van der Waals surface area (Å²) in [6.07, 6.45) is 0. The number of benzene rings is 1. The lowest BCUT2D eigenvalue weighted by molar-refractivity contribution is -0.110. The van der Waals surface area contributed by atoms with E-state index < -0.39 is 8.91 Å². The van der Waals surface area contributed by atoms with Gasteiger partial charge in [0.05, 0.1) is 0 Å². The van der Waals surface area contributed by atoms with Crippen LogP contribution in [0.15, 0.2) is 33.6 Å². The third kappa shape index (κ3) is 3.99. The van der Waals surface area contributed by atoms with Crippen molar-refractivity contribution in [3.63, 3.8) is 0 Å². The first-order valence-electron chi connectivity index (χ1n) is 3.44. The van der Waals surface area contributed by atoms with Crippen LogP contribution in [-0.4, -0.2) is 8.91 Å². The van der Waals surface area contributed by atoms with Crippen molar-refractivity contribution in [3.05, 3.63) is 28.7 Å². The summed E-state index contributed by atoms with van der Waals surface area (Å²) in [6, 6.07) is 7.16. The molecule has 0 N–H and O–H groups in total. The monoisotopic (exact) mass is 332 g/mol. The summed E-state index contributed by atoms with van der Waals surface area (Å²) in [4.78, 5) is 12.0. The summed E-state index contributed by atoms with van der Waals surface area (Å²) < 4.78 is -0.930. The molecule has 0 bridgehead atoms. The molecule has 0 heterocycles. The van der Waals surface area contributed by atoms with Crippen molar-refractivity contribution < 1.29 is 4.79 Å². The second-order valence-corrected chi connectivity index (χ2v) is 6.58. The van der Waals surface area contributed by atoms with E-state index in [1.165, 1.54) is 0 Å². The van der Waals surface area contributed by atoms with Crippen LogP contribution in [0.3, 0.4) is 0 Å². The third-order valence-electron chi connectivity index (χ3n) is 1.26. The van der Waals surface area contributed by atoms with Crippen molar-refractivity contribution in [1.29, 1.82) is 0 Å². The van der Waals surface area contributed by atoms with Crippen molar-refractivity contribution in [3.8, 4) is 0 Å². The molecular weight excluding hydrogens is 330 g/mol. The van der Waals surface area contributed by atoms with E-state index in [4.69, 9.17) is 34.8 Å². The number of thioether (sulfide) groups is 1. The van der Waals surface area contributed by atoms with Crippen molar-refractivity contribution >= 4 is 67.6 Å². The minimum atomic E-state index is -1.86. The molecule has 0 fully saturated rings. The van der Waals surface area contributed by atoms with Gasteiger partial charge in [0, 0.05) is 9.37 Å². The Morgan fingerprint density at radius 1 is 1.21 bits per heavy atom. The largest absolute Gasteiger partial charge is 0.282 e. The van der Waals surface area contributed by atoms with E-state index >= 15 is 0 Å². The van der Waals surface area contributed by atoms with Crippen LogP contribution in [0.5, 0.6) is 0 Å². The molecule has 1 nitrogen and oxygen atoms in total. The molecule has 1 rings (SSSR count). The van der Waals surface area contributed by atoms with Crippen LogP contribution < -0.4 is 0 Å². The highest BCUT2D eigenvalue weighted by molar-refractivity contribution is 9.10. The Labute approximate surface area is 109 Å². The number of rotatable bonds is 1. The molecule has 6 heteroatoms. The first-order chi connectivity index (χ1) is 6.39. The molecule has 0 aliphatic rings. The van der Waals surface area contributed by atoms with Gasteiger partial charge in [0.15, 0.2) is 0 Å². The summed E-state index contributed by atoms with van der Waals surface area (Å²) in [5.74, 6) is 0. The maximum Gasteiger partial charge on any atom is 0.259 e. The van der Waals surface area contributed by atoms with E-state index in [9.17, 15) is 4.79 Å². The molecule has 0 radical (unpaired) electrons. The minimum absolute atomic E-state index is 0.509. The number of carbonyl (C=O) groups excluding carboxylic acids is 1. The molecule has 0 aromatic heterocycles. The maximum atomic E-state index is 11.3. The maximum absolute atomic E-state index is 11.3. The number of carbonyl (C=O) groups is 1. The van der Waals surface area contributed by atoms with E-state index in [1.807, 2.05) is 12.1 Å². The fourth-order valence-electron chi connectivity index (χ4n) is 0.668. The number of halogens is 4. The van der Waals surface area contributed by atoms with E-state index in [1.54, 1.807) is 12.1 Å². The Hall–Kier alpha value is 0.590. The first-order valence-corrected chi connectivity index (χ1v) is 6.18. The zero-order chi connectivity index (χ0) is 10.8. The second-order valence-electron chi connectivity index (χ2n) is 2.34. The Bertz CT molecular complexity index is 333. The SMILES string of the molecule is O=C(Sc1ccc(Br)cc1)C(Cl)(Cl)Cl.